The molecule has 2 aromatic rings. The third-order valence-electron chi connectivity index (χ3n) is 3.92. The van der Waals surface area contributed by atoms with Gasteiger partial charge in [-0.15, -0.1) is 12.4 Å². The van der Waals surface area contributed by atoms with Crippen LogP contribution in [-0.4, -0.2) is 40.3 Å². The van der Waals surface area contributed by atoms with Gasteiger partial charge in [-0.1, -0.05) is 0 Å². The topological polar surface area (TPSA) is 106 Å². The van der Waals surface area contributed by atoms with Crippen molar-refractivity contribution in [1.29, 1.82) is 0 Å². The number of hydrogen-bond donors (Lipinski definition) is 3. The lowest BCUT2D eigenvalue weighted by atomic mass is 9.92. The molecule has 1 aromatic carbocycles. The Labute approximate surface area is 140 Å². The molecule has 1 saturated heterocycles. The number of halogens is 1. The van der Waals surface area contributed by atoms with Crippen molar-refractivity contribution in [2.75, 3.05) is 18.5 Å². The van der Waals surface area contributed by atoms with Crippen molar-refractivity contribution in [3.05, 3.63) is 30.6 Å². The fourth-order valence-electron chi connectivity index (χ4n) is 2.57. The van der Waals surface area contributed by atoms with Crippen molar-refractivity contribution in [3.63, 3.8) is 0 Å². The maximum Gasteiger partial charge on any atom is 0.241 e. The number of carbonyl (C=O) groups excluding carboxylic acids is 1. The summed E-state index contributed by atoms with van der Waals surface area (Å²) in [6.07, 6.45) is 3.12. The summed E-state index contributed by atoms with van der Waals surface area (Å²) in [6, 6.07) is 6.89. The van der Waals surface area contributed by atoms with Crippen LogP contribution in [0, 0.1) is 5.92 Å². The van der Waals surface area contributed by atoms with E-state index in [1.165, 1.54) is 6.33 Å². The zero-order chi connectivity index (χ0) is 15.4. The Hall–Kier alpha value is -1.96. The van der Waals surface area contributed by atoms with E-state index in [0.717, 1.165) is 24.1 Å². The van der Waals surface area contributed by atoms with Crippen LogP contribution in [0.2, 0.25) is 0 Å². The maximum atomic E-state index is 12.2. The Bertz CT molecular complexity index is 611. The minimum Gasteiger partial charge on any atom is -0.381 e. The third kappa shape index (κ3) is 4.28. The van der Waals surface area contributed by atoms with Gasteiger partial charge in [-0.3, -0.25) is 9.89 Å². The van der Waals surface area contributed by atoms with E-state index in [-0.39, 0.29) is 24.2 Å². The van der Waals surface area contributed by atoms with Crippen molar-refractivity contribution < 1.29 is 9.53 Å². The van der Waals surface area contributed by atoms with E-state index >= 15 is 0 Å². The van der Waals surface area contributed by atoms with Crippen molar-refractivity contribution in [3.8, 4) is 11.4 Å². The first-order valence-corrected chi connectivity index (χ1v) is 7.34. The molecular weight excluding hydrogens is 318 g/mol. The molecule has 1 amide bonds. The smallest absolute Gasteiger partial charge is 0.241 e. The summed E-state index contributed by atoms with van der Waals surface area (Å²) in [5, 5.41) is 9.47. The number of nitrogens with zero attached hydrogens (tertiary/aromatic N) is 2. The van der Waals surface area contributed by atoms with Crippen LogP contribution >= 0.6 is 12.4 Å². The van der Waals surface area contributed by atoms with Crippen LogP contribution in [0.25, 0.3) is 11.4 Å². The second-order valence-corrected chi connectivity index (χ2v) is 5.38. The molecule has 1 atom stereocenters. The van der Waals surface area contributed by atoms with Crippen LogP contribution < -0.4 is 11.1 Å². The van der Waals surface area contributed by atoms with Crippen LogP contribution in [0.15, 0.2) is 30.6 Å². The van der Waals surface area contributed by atoms with Gasteiger partial charge in [0.05, 0.1) is 6.04 Å². The molecule has 8 heteroatoms. The van der Waals surface area contributed by atoms with Crippen molar-refractivity contribution >= 4 is 24.0 Å². The highest BCUT2D eigenvalue weighted by atomic mass is 35.5. The monoisotopic (exact) mass is 337 g/mol. The quantitative estimate of drug-likeness (QED) is 0.785. The molecule has 4 N–H and O–H groups in total. The Morgan fingerprint density at radius 3 is 2.61 bits per heavy atom. The molecule has 7 nitrogen and oxygen atoms in total. The fourth-order valence-corrected chi connectivity index (χ4v) is 2.57. The molecule has 1 aliphatic heterocycles. The first kappa shape index (κ1) is 17.4. The van der Waals surface area contributed by atoms with Gasteiger partial charge in [0.1, 0.15) is 6.33 Å². The molecule has 1 fully saturated rings. The third-order valence-corrected chi connectivity index (χ3v) is 3.92. The summed E-state index contributed by atoms with van der Waals surface area (Å²) in [7, 11) is 0. The number of aromatic nitrogens is 3. The Kier molecular flexibility index (Phi) is 6.09. The lowest BCUT2D eigenvalue weighted by molar-refractivity contribution is -0.119. The first-order valence-electron chi connectivity index (χ1n) is 7.34. The second kappa shape index (κ2) is 8.05. The number of amides is 1. The van der Waals surface area contributed by atoms with Gasteiger partial charge >= 0.3 is 0 Å². The lowest BCUT2D eigenvalue weighted by Gasteiger charge is -2.26. The molecule has 1 unspecified atom stereocenters. The van der Waals surface area contributed by atoms with E-state index in [9.17, 15) is 4.79 Å². The molecular formula is C15H20ClN5O2. The zero-order valence-corrected chi connectivity index (χ0v) is 13.4. The van der Waals surface area contributed by atoms with Gasteiger partial charge < -0.3 is 15.8 Å². The number of ether oxygens (including phenoxy) is 1. The summed E-state index contributed by atoms with van der Waals surface area (Å²) >= 11 is 0. The highest BCUT2D eigenvalue weighted by Crippen LogP contribution is 2.20. The van der Waals surface area contributed by atoms with E-state index in [1.807, 2.05) is 24.3 Å². The van der Waals surface area contributed by atoms with Gasteiger partial charge in [0.15, 0.2) is 5.82 Å². The van der Waals surface area contributed by atoms with E-state index in [0.29, 0.717) is 19.0 Å². The highest BCUT2D eigenvalue weighted by Gasteiger charge is 2.26. The summed E-state index contributed by atoms with van der Waals surface area (Å²) in [5.41, 5.74) is 7.68. The predicted molar refractivity (Wildman–Crippen MR) is 89.2 cm³/mol. The second-order valence-electron chi connectivity index (χ2n) is 5.38. The molecule has 1 aliphatic rings. The summed E-state index contributed by atoms with van der Waals surface area (Å²) in [6.45, 7) is 1.36. The fraction of sp³-hybridized carbons (Fsp3) is 0.400. The molecule has 124 valence electrons. The van der Waals surface area contributed by atoms with Crippen LogP contribution in [0.4, 0.5) is 5.69 Å². The normalized spacial score (nSPS) is 16.4. The lowest BCUT2D eigenvalue weighted by Crippen LogP contribution is -2.43. The number of nitrogens with two attached hydrogens (primary N) is 1. The van der Waals surface area contributed by atoms with Crippen LogP contribution in [-0.2, 0) is 9.53 Å². The standard InChI is InChI=1S/C15H19N5O2.ClH/c16-13(10-5-7-22-8-6-10)15(21)19-12-3-1-11(2-4-12)14-17-9-18-20-14;/h1-4,9-10,13H,5-8,16H2,(H,19,21)(H,17,18,20);1H. The van der Waals surface area contributed by atoms with Crippen LogP contribution in [0.1, 0.15) is 12.8 Å². The molecule has 0 saturated carbocycles. The molecule has 2 heterocycles. The number of nitrogens with one attached hydrogen (secondary N) is 2. The van der Waals surface area contributed by atoms with Crippen molar-refractivity contribution in [2.45, 2.75) is 18.9 Å². The number of benzene rings is 1. The average molecular weight is 338 g/mol. The summed E-state index contributed by atoms with van der Waals surface area (Å²) < 4.78 is 5.30. The largest absolute Gasteiger partial charge is 0.381 e. The number of hydrogen-bond acceptors (Lipinski definition) is 5. The SMILES string of the molecule is Cl.NC(C(=O)Nc1ccc(-c2ncn[nH]2)cc1)C1CCOCC1. The number of aromatic amines is 1. The van der Waals surface area contributed by atoms with Gasteiger partial charge in [-0.2, -0.15) is 5.10 Å². The summed E-state index contributed by atoms with van der Waals surface area (Å²) in [4.78, 5) is 16.3. The Morgan fingerprint density at radius 2 is 2.00 bits per heavy atom. The van der Waals surface area contributed by atoms with Crippen molar-refractivity contribution in [1.82, 2.24) is 15.2 Å². The van der Waals surface area contributed by atoms with E-state index in [2.05, 4.69) is 20.5 Å². The predicted octanol–water partition coefficient (Wildman–Crippen LogP) is 1.59. The minimum atomic E-state index is -0.502. The average Bonchev–Trinajstić information content (AvgIpc) is 3.10. The van der Waals surface area contributed by atoms with E-state index in [4.69, 9.17) is 10.5 Å². The number of carbonyl (C=O) groups is 1. The zero-order valence-electron chi connectivity index (χ0n) is 12.6. The Balaban J connectivity index is 0.00000192. The minimum absolute atomic E-state index is 0. The van der Waals surface area contributed by atoms with Crippen LogP contribution in [0.3, 0.4) is 0 Å². The number of rotatable bonds is 4. The first-order chi connectivity index (χ1) is 10.7. The van der Waals surface area contributed by atoms with Crippen LogP contribution in [0.5, 0.6) is 0 Å². The van der Waals surface area contributed by atoms with Crippen molar-refractivity contribution in [2.24, 2.45) is 11.7 Å². The van der Waals surface area contributed by atoms with Gasteiger partial charge in [0.2, 0.25) is 5.91 Å². The molecule has 23 heavy (non-hydrogen) atoms. The number of anilines is 1. The van der Waals surface area contributed by atoms with Gasteiger partial charge in [-0.25, -0.2) is 4.98 Å². The molecule has 1 aromatic heterocycles. The summed E-state index contributed by atoms with van der Waals surface area (Å²) in [5.74, 6) is 0.721. The molecule has 0 spiro atoms. The molecule has 0 radical (unpaired) electrons. The molecule has 0 bridgehead atoms. The van der Waals surface area contributed by atoms with Gasteiger partial charge in [0.25, 0.3) is 0 Å². The molecule has 3 rings (SSSR count). The molecule has 0 aliphatic carbocycles. The number of H-pyrrole nitrogens is 1. The van der Waals surface area contributed by atoms with E-state index < -0.39 is 6.04 Å². The van der Waals surface area contributed by atoms with Gasteiger partial charge in [-0.05, 0) is 43.0 Å². The van der Waals surface area contributed by atoms with E-state index in [1.54, 1.807) is 0 Å². The van der Waals surface area contributed by atoms with Gasteiger partial charge in [0, 0.05) is 24.5 Å². The Morgan fingerprint density at radius 1 is 1.30 bits per heavy atom. The maximum absolute atomic E-state index is 12.2. The highest BCUT2D eigenvalue weighted by molar-refractivity contribution is 5.95.